The van der Waals surface area contributed by atoms with Gasteiger partial charge in [-0.25, -0.2) is 4.39 Å². The quantitative estimate of drug-likeness (QED) is 0.806. The van der Waals surface area contributed by atoms with Crippen LogP contribution in [0.5, 0.6) is 0 Å². The summed E-state index contributed by atoms with van der Waals surface area (Å²) in [5.41, 5.74) is 0.788. The molecule has 0 heterocycles. The lowest BCUT2D eigenvalue weighted by Crippen LogP contribution is -2.40. The van der Waals surface area contributed by atoms with E-state index in [2.05, 4.69) is 42.0 Å². The van der Waals surface area contributed by atoms with Crippen molar-refractivity contribution in [1.82, 2.24) is 5.32 Å². The van der Waals surface area contributed by atoms with Crippen LogP contribution >= 0.6 is 15.9 Å². The van der Waals surface area contributed by atoms with Gasteiger partial charge < -0.3 is 5.32 Å². The molecule has 0 aliphatic heterocycles. The average molecular weight is 330 g/mol. The maximum absolute atomic E-state index is 12.8. The predicted octanol–water partition coefficient (Wildman–Crippen LogP) is 4.20. The molecule has 106 valence electrons. The fraction of sp³-hybridized carbons (Fsp3) is 0.533. The molecule has 0 saturated carbocycles. The van der Waals surface area contributed by atoms with E-state index < -0.39 is 0 Å². The number of hydrogen-bond donors (Lipinski definition) is 1. The van der Waals surface area contributed by atoms with Gasteiger partial charge in [0.15, 0.2) is 0 Å². The van der Waals surface area contributed by atoms with Crippen LogP contribution in [0.3, 0.4) is 0 Å². The van der Waals surface area contributed by atoms with Crippen molar-refractivity contribution in [2.24, 2.45) is 5.41 Å². The van der Waals surface area contributed by atoms with E-state index in [1.54, 1.807) is 12.1 Å². The zero-order valence-corrected chi connectivity index (χ0v) is 13.4. The molecule has 1 aromatic carbocycles. The zero-order valence-electron chi connectivity index (χ0n) is 11.8. The zero-order chi connectivity index (χ0) is 14.6. The van der Waals surface area contributed by atoms with Gasteiger partial charge in [-0.15, -0.1) is 0 Å². The standard InChI is InChI=1S/C15H21BrFNO/c1-5-15(3,4)13(16)14(19)18-10(2)11-6-8-12(17)9-7-11/h6-10,13H,5H2,1-4H3,(H,18,19). The van der Waals surface area contributed by atoms with Crippen molar-refractivity contribution in [2.75, 3.05) is 0 Å². The molecular weight excluding hydrogens is 309 g/mol. The van der Waals surface area contributed by atoms with Gasteiger partial charge in [0.1, 0.15) is 5.82 Å². The third-order valence-electron chi connectivity index (χ3n) is 3.56. The van der Waals surface area contributed by atoms with E-state index in [4.69, 9.17) is 0 Å². The summed E-state index contributed by atoms with van der Waals surface area (Å²) in [6, 6.07) is 6.04. The molecule has 2 unspecified atom stereocenters. The highest BCUT2D eigenvalue weighted by atomic mass is 79.9. The first-order valence-corrected chi connectivity index (χ1v) is 7.39. The monoisotopic (exact) mass is 329 g/mol. The van der Waals surface area contributed by atoms with Crippen molar-refractivity contribution < 1.29 is 9.18 Å². The van der Waals surface area contributed by atoms with Gasteiger partial charge in [-0.05, 0) is 36.5 Å². The molecule has 0 saturated heterocycles. The molecule has 2 nitrogen and oxygen atoms in total. The number of benzene rings is 1. The Morgan fingerprint density at radius 3 is 2.37 bits per heavy atom. The van der Waals surface area contributed by atoms with Gasteiger partial charge in [-0.3, -0.25) is 4.79 Å². The Bertz CT molecular complexity index is 430. The van der Waals surface area contributed by atoms with Crippen molar-refractivity contribution >= 4 is 21.8 Å². The van der Waals surface area contributed by atoms with Gasteiger partial charge in [0.05, 0.1) is 10.9 Å². The maximum atomic E-state index is 12.8. The molecule has 4 heteroatoms. The minimum Gasteiger partial charge on any atom is -0.349 e. The molecule has 0 aliphatic rings. The second kappa shape index (κ2) is 6.51. The molecule has 1 rings (SSSR count). The number of amides is 1. The molecule has 1 amide bonds. The molecule has 1 N–H and O–H groups in total. The van der Waals surface area contributed by atoms with Crippen molar-refractivity contribution in [1.29, 1.82) is 0 Å². The summed E-state index contributed by atoms with van der Waals surface area (Å²) in [7, 11) is 0. The summed E-state index contributed by atoms with van der Waals surface area (Å²) < 4.78 is 12.8. The minimum absolute atomic E-state index is 0.0383. The fourth-order valence-electron chi connectivity index (χ4n) is 1.66. The topological polar surface area (TPSA) is 29.1 Å². The molecule has 1 aromatic rings. The summed E-state index contributed by atoms with van der Waals surface area (Å²) >= 11 is 3.47. The summed E-state index contributed by atoms with van der Waals surface area (Å²) in [5, 5.41) is 2.95. The molecule has 0 aromatic heterocycles. The minimum atomic E-state index is -0.271. The molecule has 0 spiro atoms. The van der Waals surface area contributed by atoms with Crippen LogP contribution in [-0.4, -0.2) is 10.7 Å². The number of nitrogens with one attached hydrogen (secondary N) is 1. The molecule has 0 bridgehead atoms. The SMILES string of the molecule is CCC(C)(C)C(Br)C(=O)NC(C)c1ccc(F)cc1. The van der Waals surface area contributed by atoms with Crippen molar-refractivity contribution in [2.45, 2.75) is 45.0 Å². The van der Waals surface area contributed by atoms with E-state index in [1.165, 1.54) is 12.1 Å². The van der Waals surface area contributed by atoms with Crippen molar-refractivity contribution in [3.05, 3.63) is 35.6 Å². The van der Waals surface area contributed by atoms with E-state index in [0.717, 1.165) is 12.0 Å². The Morgan fingerprint density at radius 1 is 1.37 bits per heavy atom. The summed E-state index contributed by atoms with van der Waals surface area (Å²) in [4.78, 5) is 11.9. The van der Waals surface area contributed by atoms with E-state index >= 15 is 0 Å². The third kappa shape index (κ3) is 4.30. The number of halogens is 2. The lowest BCUT2D eigenvalue weighted by atomic mass is 9.86. The highest BCUT2D eigenvalue weighted by molar-refractivity contribution is 9.10. The second-order valence-corrected chi connectivity index (χ2v) is 6.40. The van der Waals surface area contributed by atoms with Gasteiger partial charge in [0.2, 0.25) is 5.91 Å². The largest absolute Gasteiger partial charge is 0.349 e. The first-order valence-electron chi connectivity index (χ1n) is 6.48. The predicted molar refractivity (Wildman–Crippen MR) is 79.7 cm³/mol. The van der Waals surface area contributed by atoms with Crippen LogP contribution in [0.25, 0.3) is 0 Å². The summed E-state index contributed by atoms with van der Waals surface area (Å²) in [5.74, 6) is -0.309. The van der Waals surface area contributed by atoms with Crippen LogP contribution in [0.1, 0.15) is 45.7 Å². The van der Waals surface area contributed by atoms with E-state index in [9.17, 15) is 9.18 Å². The van der Waals surface area contributed by atoms with Gasteiger partial charge in [-0.2, -0.15) is 0 Å². The first-order chi connectivity index (χ1) is 8.77. The first kappa shape index (κ1) is 16.2. The molecule has 0 aliphatic carbocycles. The Balaban J connectivity index is 2.69. The fourth-order valence-corrected chi connectivity index (χ4v) is 2.11. The van der Waals surface area contributed by atoms with E-state index in [-0.39, 0.29) is 28.0 Å². The van der Waals surface area contributed by atoms with Crippen molar-refractivity contribution in [3.8, 4) is 0 Å². The highest BCUT2D eigenvalue weighted by Crippen LogP contribution is 2.31. The molecule has 0 fully saturated rings. The lowest BCUT2D eigenvalue weighted by molar-refractivity contribution is -0.122. The Kier molecular flexibility index (Phi) is 5.53. The van der Waals surface area contributed by atoms with Crippen LogP contribution in [0.4, 0.5) is 4.39 Å². The van der Waals surface area contributed by atoms with Gasteiger partial charge in [0.25, 0.3) is 0 Å². The number of carbonyl (C=O) groups excluding carboxylic acids is 1. The molecule has 0 radical (unpaired) electrons. The highest BCUT2D eigenvalue weighted by Gasteiger charge is 2.32. The van der Waals surface area contributed by atoms with Crippen molar-refractivity contribution in [3.63, 3.8) is 0 Å². The Labute approximate surface area is 122 Å². The number of rotatable bonds is 5. The van der Waals surface area contributed by atoms with Crippen LogP contribution in [0.2, 0.25) is 0 Å². The maximum Gasteiger partial charge on any atom is 0.234 e. The van der Waals surface area contributed by atoms with Gasteiger partial charge >= 0.3 is 0 Å². The van der Waals surface area contributed by atoms with Gasteiger partial charge in [-0.1, -0.05) is 48.8 Å². The van der Waals surface area contributed by atoms with Crippen LogP contribution in [0, 0.1) is 11.2 Å². The smallest absolute Gasteiger partial charge is 0.234 e. The van der Waals surface area contributed by atoms with E-state index in [0.29, 0.717) is 0 Å². The Morgan fingerprint density at radius 2 is 1.89 bits per heavy atom. The normalized spacial score (nSPS) is 14.8. The van der Waals surface area contributed by atoms with Crippen LogP contribution < -0.4 is 5.32 Å². The molecule has 2 atom stereocenters. The number of alkyl halides is 1. The lowest BCUT2D eigenvalue weighted by Gasteiger charge is -2.29. The average Bonchev–Trinajstić information content (AvgIpc) is 2.38. The van der Waals surface area contributed by atoms with E-state index in [1.807, 2.05) is 6.92 Å². The summed E-state index contributed by atoms with van der Waals surface area (Å²) in [6.45, 7) is 8.05. The second-order valence-electron chi connectivity index (χ2n) is 5.49. The van der Waals surface area contributed by atoms with Crippen LogP contribution in [0.15, 0.2) is 24.3 Å². The summed E-state index contributed by atoms with van der Waals surface area (Å²) in [6.07, 6.45) is 0.904. The molecule has 19 heavy (non-hydrogen) atoms. The Hall–Kier alpha value is -0.900. The van der Waals surface area contributed by atoms with Gasteiger partial charge in [0, 0.05) is 0 Å². The molecular formula is C15H21BrFNO. The van der Waals surface area contributed by atoms with Crippen LogP contribution in [-0.2, 0) is 4.79 Å². The number of hydrogen-bond acceptors (Lipinski definition) is 1. The number of carbonyl (C=O) groups is 1. The third-order valence-corrected chi connectivity index (χ3v) is 5.21.